The van der Waals surface area contributed by atoms with E-state index in [-0.39, 0.29) is 17.5 Å². The predicted molar refractivity (Wildman–Crippen MR) is 104 cm³/mol. The monoisotopic (exact) mass is 387 g/mol. The van der Waals surface area contributed by atoms with Gasteiger partial charge in [0.2, 0.25) is 0 Å². The molecule has 0 spiro atoms. The number of urea groups is 1. The number of likely N-dealkylation sites (tertiary alicyclic amines) is 1. The fourth-order valence-corrected chi connectivity index (χ4v) is 4.90. The van der Waals surface area contributed by atoms with E-state index < -0.39 is 15.1 Å². The molecule has 144 valence electrons. The first-order valence-corrected chi connectivity index (χ1v) is 10.8. The molecule has 6 nitrogen and oxygen atoms in total. The second-order valence-corrected chi connectivity index (χ2v) is 9.00. The Balaban J connectivity index is 1.83. The predicted octanol–water partition coefficient (Wildman–Crippen LogP) is 3.10. The highest BCUT2D eigenvalue weighted by Crippen LogP contribution is 2.28. The Labute approximate surface area is 160 Å². The van der Waals surface area contributed by atoms with Crippen molar-refractivity contribution in [2.75, 3.05) is 19.6 Å². The summed E-state index contributed by atoms with van der Waals surface area (Å²) in [7, 11) is -3.67. The van der Waals surface area contributed by atoms with Gasteiger partial charge in [0.1, 0.15) is 5.25 Å². The zero-order valence-corrected chi connectivity index (χ0v) is 16.3. The number of sulfone groups is 1. The second kappa shape index (κ2) is 8.52. The van der Waals surface area contributed by atoms with Crippen molar-refractivity contribution in [2.24, 2.45) is 0 Å². The third kappa shape index (κ3) is 4.66. The van der Waals surface area contributed by atoms with E-state index in [1.807, 2.05) is 6.92 Å². The third-order valence-corrected chi connectivity index (χ3v) is 6.98. The lowest BCUT2D eigenvalue weighted by Crippen LogP contribution is -2.44. The molecule has 1 aliphatic heterocycles. The van der Waals surface area contributed by atoms with Crippen LogP contribution in [0.2, 0.25) is 0 Å². The van der Waals surface area contributed by atoms with Crippen molar-refractivity contribution in [1.82, 2.24) is 15.2 Å². The molecule has 0 aliphatic carbocycles. The maximum absolute atomic E-state index is 13.2. The lowest BCUT2D eigenvalue weighted by molar-refractivity contribution is 0.186. The molecule has 27 heavy (non-hydrogen) atoms. The van der Waals surface area contributed by atoms with Crippen LogP contribution < -0.4 is 5.32 Å². The Hall–Kier alpha value is -2.41. The van der Waals surface area contributed by atoms with E-state index in [4.69, 9.17) is 0 Å². The van der Waals surface area contributed by atoms with Crippen LogP contribution in [0.3, 0.4) is 0 Å². The van der Waals surface area contributed by atoms with E-state index in [0.717, 1.165) is 24.8 Å². The Kier molecular flexibility index (Phi) is 6.11. The Morgan fingerprint density at radius 1 is 1.15 bits per heavy atom. The first kappa shape index (κ1) is 19.4. The number of carbonyl (C=O) groups excluding carboxylic acids is 1. The highest BCUT2D eigenvalue weighted by atomic mass is 32.2. The normalized spacial score (nSPS) is 16.0. The number of hydrogen-bond donors (Lipinski definition) is 1. The second-order valence-electron chi connectivity index (χ2n) is 6.87. The summed E-state index contributed by atoms with van der Waals surface area (Å²) in [5, 5.41) is 1.93. The van der Waals surface area contributed by atoms with Gasteiger partial charge in [0.25, 0.3) is 0 Å². The molecule has 0 radical (unpaired) electrons. The van der Waals surface area contributed by atoms with Gasteiger partial charge in [0.05, 0.1) is 4.90 Å². The van der Waals surface area contributed by atoms with Gasteiger partial charge >= 0.3 is 6.03 Å². The molecular weight excluding hydrogens is 362 g/mol. The molecule has 2 heterocycles. The maximum atomic E-state index is 13.2. The summed E-state index contributed by atoms with van der Waals surface area (Å²) in [5.41, 5.74) is 1.56. The summed E-state index contributed by atoms with van der Waals surface area (Å²) in [4.78, 5) is 18.5. The lowest BCUT2D eigenvalue weighted by atomic mass is 10.1. The number of amides is 2. The Bertz CT molecular complexity index is 861. The van der Waals surface area contributed by atoms with Gasteiger partial charge in [-0.05, 0) is 49.9 Å². The number of benzene rings is 1. The number of aromatic nitrogens is 1. The summed E-state index contributed by atoms with van der Waals surface area (Å²) in [5.74, 6) is 0. The van der Waals surface area contributed by atoms with Crippen LogP contribution in [-0.2, 0) is 9.84 Å². The van der Waals surface area contributed by atoms with Crippen molar-refractivity contribution in [1.29, 1.82) is 0 Å². The summed E-state index contributed by atoms with van der Waals surface area (Å²) in [6.07, 6.45) is 6.25. The molecule has 1 aromatic heterocycles. The number of aryl methyl sites for hydroxylation is 1. The van der Waals surface area contributed by atoms with Gasteiger partial charge in [-0.2, -0.15) is 0 Å². The van der Waals surface area contributed by atoms with Gasteiger partial charge in [-0.15, -0.1) is 0 Å². The average molecular weight is 388 g/mol. The largest absolute Gasteiger partial charge is 0.336 e. The van der Waals surface area contributed by atoms with Gasteiger partial charge in [-0.25, -0.2) is 13.2 Å². The van der Waals surface area contributed by atoms with Crippen LogP contribution in [0.5, 0.6) is 0 Å². The highest BCUT2D eigenvalue weighted by molar-refractivity contribution is 7.91. The fourth-order valence-electron chi connectivity index (χ4n) is 3.25. The average Bonchev–Trinajstić information content (AvgIpc) is 2.69. The minimum Gasteiger partial charge on any atom is -0.336 e. The summed E-state index contributed by atoms with van der Waals surface area (Å²) in [6, 6.07) is 10.0. The lowest BCUT2D eigenvalue weighted by Gasteiger charge is -2.28. The minimum atomic E-state index is -3.67. The standard InChI is InChI=1S/C20H25N3O3S/c1-16-7-9-18(10-8-16)27(25,26)19(17-6-5-11-21-14-17)15-22-20(24)23-12-3-2-4-13-23/h5-11,14,19H,2-4,12-13,15H2,1H3,(H,22,24)/t19-/m0/s1. The van der Waals surface area contributed by atoms with Crippen molar-refractivity contribution in [2.45, 2.75) is 36.3 Å². The maximum Gasteiger partial charge on any atom is 0.317 e. The number of nitrogens with one attached hydrogen (secondary N) is 1. The topological polar surface area (TPSA) is 79.4 Å². The summed E-state index contributed by atoms with van der Waals surface area (Å²) < 4.78 is 26.5. The van der Waals surface area contributed by atoms with E-state index in [2.05, 4.69) is 10.3 Å². The minimum absolute atomic E-state index is 0.0111. The van der Waals surface area contributed by atoms with Crippen LogP contribution >= 0.6 is 0 Å². The van der Waals surface area contributed by atoms with Gasteiger partial charge in [0.15, 0.2) is 9.84 Å². The SMILES string of the molecule is Cc1ccc(S(=O)(=O)[C@@H](CNC(=O)N2CCCCC2)c2cccnc2)cc1. The highest BCUT2D eigenvalue weighted by Gasteiger charge is 2.30. The quantitative estimate of drug-likeness (QED) is 0.855. The van der Waals surface area contributed by atoms with E-state index in [1.54, 1.807) is 53.7 Å². The number of rotatable bonds is 5. The van der Waals surface area contributed by atoms with Crippen molar-refractivity contribution >= 4 is 15.9 Å². The number of piperidine rings is 1. The number of hydrogen-bond acceptors (Lipinski definition) is 4. The molecule has 0 saturated carbocycles. The molecule has 1 saturated heterocycles. The van der Waals surface area contributed by atoms with Crippen molar-refractivity contribution < 1.29 is 13.2 Å². The van der Waals surface area contributed by atoms with Crippen LogP contribution in [0, 0.1) is 6.92 Å². The van der Waals surface area contributed by atoms with Crippen molar-refractivity contribution in [3.8, 4) is 0 Å². The van der Waals surface area contributed by atoms with Crippen LogP contribution in [0.4, 0.5) is 4.79 Å². The molecule has 1 aromatic carbocycles. The molecule has 2 amide bonds. The first-order valence-electron chi connectivity index (χ1n) is 9.22. The zero-order valence-electron chi connectivity index (χ0n) is 15.5. The van der Waals surface area contributed by atoms with Crippen LogP contribution in [0.25, 0.3) is 0 Å². The molecule has 7 heteroatoms. The molecule has 1 atom stereocenters. The molecule has 1 fully saturated rings. The summed E-state index contributed by atoms with van der Waals surface area (Å²) in [6.45, 7) is 3.35. The van der Waals surface area contributed by atoms with Gasteiger partial charge in [-0.3, -0.25) is 4.98 Å². The molecule has 0 bridgehead atoms. The Morgan fingerprint density at radius 2 is 1.85 bits per heavy atom. The summed E-state index contributed by atoms with van der Waals surface area (Å²) >= 11 is 0. The van der Waals surface area contributed by atoms with Crippen molar-refractivity contribution in [3.63, 3.8) is 0 Å². The van der Waals surface area contributed by atoms with Crippen LogP contribution in [0.1, 0.15) is 35.6 Å². The van der Waals surface area contributed by atoms with Crippen molar-refractivity contribution in [3.05, 3.63) is 59.9 Å². The van der Waals surface area contributed by atoms with E-state index in [9.17, 15) is 13.2 Å². The molecule has 3 rings (SSSR count). The van der Waals surface area contributed by atoms with Crippen LogP contribution in [0.15, 0.2) is 53.7 Å². The number of carbonyl (C=O) groups is 1. The van der Waals surface area contributed by atoms with E-state index in [0.29, 0.717) is 18.7 Å². The van der Waals surface area contributed by atoms with E-state index >= 15 is 0 Å². The molecular formula is C20H25N3O3S. The fraction of sp³-hybridized carbons (Fsp3) is 0.400. The molecule has 1 N–H and O–H groups in total. The molecule has 1 aliphatic rings. The number of nitrogens with zero attached hydrogens (tertiary/aromatic N) is 2. The number of pyridine rings is 1. The third-order valence-electron chi connectivity index (χ3n) is 4.86. The van der Waals surface area contributed by atoms with Gasteiger partial charge in [0, 0.05) is 32.0 Å². The van der Waals surface area contributed by atoms with E-state index in [1.165, 1.54) is 0 Å². The first-order chi connectivity index (χ1) is 13.0. The van der Waals surface area contributed by atoms with Crippen LogP contribution in [-0.4, -0.2) is 44.0 Å². The molecule has 0 unspecified atom stereocenters. The Morgan fingerprint density at radius 3 is 2.48 bits per heavy atom. The smallest absolute Gasteiger partial charge is 0.317 e. The molecule has 2 aromatic rings. The van der Waals surface area contributed by atoms with Gasteiger partial charge < -0.3 is 10.2 Å². The zero-order chi connectivity index (χ0) is 19.3. The van der Waals surface area contributed by atoms with Gasteiger partial charge in [-0.1, -0.05) is 23.8 Å².